The van der Waals surface area contributed by atoms with Crippen LogP contribution >= 0.6 is 11.8 Å². The molecule has 3 rings (SSSR count). The van der Waals surface area contributed by atoms with Gasteiger partial charge in [-0.1, -0.05) is 61.2 Å². The molecule has 1 atom stereocenters. The lowest BCUT2D eigenvalue weighted by atomic mass is 10.1. The topological polar surface area (TPSA) is 63.1 Å². The standard InChI is InChI=1S/C24H30FN5OS/c1-5-21(29(3)4)23-27-28-24(30(23)15-18-9-7-6-8-10-18)32-16-22(31)26-14-19-12-11-17(2)20(25)13-19/h6-13,21H,5,14-16H2,1-4H3,(H,26,31)/t21-/m0/s1. The van der Waals surface area contributed by atoms with Crippen molar-refractivity contribution in [1.29, 1.82) is 0 Å². The number of aromatic nitrogens is 3. The Kier molecular flexibility index (Phi) is 8.41. The molecule has 0 saturated carbocycles. The van der Waals surface area contributed by atoms with Crippen molar-refractivity contribution in [3.8, 4) is 0 Å². The molecule has 0 unspecified atom stereocenters. The molecule has 1 aromatic heterocycles. The Labute approximate surface area is 193 Å². The van der Waals surface area contributed by atoms with E-state index in [1.165, 1.54) is 17.8 Å². The lowest BCUT2D eigenvalue weighted by Gasteiger charge is -2.23. The van der Waals surface area contributed by atoms with Crippen molar-refractivity contribution in [2.24, 2.45) is 0 Å². The number of hydrogen-bond acceptors (Lipinski definition) is 5. The number of hydrogen-bond donors (Lipinski definition) is 1. The first-order valence-corrected chi connectivity index (χ1v) is 11.7. The minimum absolute atomic E-state index is 0.130. The maximum Gasteiger partial charge on any atom is 0.230 e. The zero-order chi connectivity index (χ0) is 23.1. The maximum atomic E-state index is 13.7. The summed E-state index contributed by atoms with van der Waals surface area (Å²) in [5.74, 6) is 0.699. The summed E-state index contributed by atoms with van der Waals surface area (Å²) in [6.07, 6.45) is 0.901. The van der Waals surface area contributed by atoms with E-state index in [2.05, 4.69) is 44.0 Å². The number of carbonyl (C=O) groups is 1. The molecule has 1 N–H and O–H groups in total. The van der Waals surface area contributed by atoms with Crippen LogP contribution in [0.3, 0.4) is 0 Å². The molecule has 3 aromatic rings. The van der Waals surface area contributed by atoms with Crippen molar-refractivity contribution in [2.75, 3.05) is 19.8 Å². The second-order valence-corrected chi connectivity index (χ2v) is 8.89. The fourth-order valence-electron chi connectivity index (χ4n) is 3.47. The molecule has 32 heavy (non-hydrogen) atoms. The first-order chi connectivity index (χ1) is 15.4. The molecule has 6 nitrogen and oxygen atoms in total. The maximum absolute atomic E-state index is 13.7. The molecule has 8 heteroatoms. The number of thioether (sulfide) groups is 1. The first kappa shape index (κ1) is 23.9. The largest absolute Gasteiger partial charge is 0.351 e. The van der Waals surface area contributed by atoms with Crippen LogP contribution in [0.15, 0.2) is 53.7 Å². The van der Waals surface area contributed by atoms with E-state index in [1.54, 1.807) is 13.0 Å². The highest BCUT2D eigenvalue weighted by molar-refractivity contribution is 7.99. The highest BCUT2D eigenvalue weighted by Gasteiger charge is 2.22. The lowest BCUT2D eigenvalue weighted by molar-refractivity contribution is -0.118. The molecule has 0 spiro atoms. The Balaban J connectivity index is 1.70. The summed E-state index contributed by atoms with van der Waals surface area (Å²) in [5.41, 5.74) is 2.47. The minimum Gasteiger partial charge on any atom is -0.351 e. The number of nitrogens with one attached hydrogen (secondary N) is 1. The summed E-state index contributed by atoms with van der Waals surface area (Å²) >= 11 is 1.36. The molecule has 0 aliphatic heterocycles. The van der Waals surface area contributed by atoms with Gasteiger partial charge in [0.25, 0.3) is 0 Å². The average Bonchev–Trinajstić information content (AvgIpc) is 3.16. The number of rotatable bonds is 10. The summed E-state index contributed by atoms with van der Waals surface area (Å²) in [6, 6.07) is 15.3. The van der Waals surface area contributed by atoms with Crippen molar-refractivity contribution in [2.45, 2.75) is 44.6 Å². The average molecular weight is 456 g/mol. The Hall–Kier alpha value is -2.71. The molecule has 170 valence electrons. The second kappa shape index (κ2) is 11.2. The quantitative estimate of drug-likeness (QED) is 0.465. The highest BCUT2D eigenvalue weighted by atomic mass is 32.2. The Morgan fingerprint density at radius 3 is 2.56 bits per heavy atom. The zero-order valence-corrected chi connectivity index (χ0v) is 19.8. The predicted octanol–water partition coefficient (Wildman–Crippen LogP) is 4.20. The third-order valence-electron chi connectivity index (χ3n) is 5.30. The van der Waals surface area contributed by atoms with Gasteiger partial charge in [0.05, 0.1) is 18.3 Å². The molecule has 0 fully saturated rings. The van der Waals surface area contributed by atoms with E-state index in [9.17, 15) is 9.18 Å². The van der Waals surface area contributed by atoms with Crippen LogP contribution in [0.4, 0.5) is 4.39 Å². The summed E-state index contributed by atoms with van der Waals surface area (Å²) in [7, 11) is 4.06. The van der Waals surface area contributed by atoms with Gasteiger partial charge in [-0.3, -0.25) is 9.69 Å². The number of benzene rings is 2. The number of nitrogens with zero attached hydrogens (tertiary/aromatic N) is 4. The predicted molar refractivity (Wildman–Crippen MR) is 126 cm³/mol. The Morgan fingerprint density at radius 2 is 1.91 bits per heavy atom. The fraction of sp³-hybridized carbons (Fsp3) is 0.375. The van der Waals surface area contributed by atoms with Gasteiger partial charge in [0.2, 0.25) is 5.91 Å². The van der Waals surface area contributed by atoms with Crippen LogP contribution in [0.25, 0.3) is 0 Å². The van der Waals surface area contributed by atoms with Crippen molar-refractivity contribution in [3.05, 3.63) is 76.9 Å². The molecule has 1 heterocycles. The molecule has 0 bridgehead atoms. The van der Waals surface area contributed by atoms with Gasteiger partial charge in [-0.05, 0) is 50.2 Å². The highest BCUT2D eigenvalue weighted by Crippen LogP contribution is 2.26. The number of carbonyl (C=O) groups excluding carboxylic acids is 1. The summed E-state index contributed by atoms with van der Waals surface area (Å²) in [6.45, 7) is 4.77. The molecule has 0 saturated heterocycles. The van der Waals surface area contributed by atoms with Crippen molar-refractivity contribution in [3.63, 3.8) is 0 Å². The number of aryl methyl sites for hydroxylation is 1. The molecule has 2 aromatic carbocycles. The van der Waals surface area contributed by atoms with E-state index in [1.807, 2.05) is 38.4 Å². The SMILES string of the molecule is CC[C@@H](c1nnc(SCC(=O)NCc2ccc(C)c(F)c2)n1Cc1ccccc1)N(C)C. The van der Waals surface area contributed by atoms with Crippen LogP contribution in [0, 0.1) is 12.7 Å². The minimum atomic E-state index is -0.265. The van der Waals surface area contributed by atoms with Gasteiger partial charge in [-0.2, -0.15) is 0 Å². The Morgan fingerprint density at radius 1 is 1.16 bits per heavy atom. The van der Waals surface area contributed by atoms with E-state index < -0.39 is 0 Å². The number of halogens is 1. The van der Waals surface area contributed by atoms with Crippen LogP contribution < -0.4 is 5.32 Å². The van der Waals surface area contributed by atoms with Crippen molar-refractivity contribution >= 4 is 17.7 Å². The first-order valence-electron chi connectivity index (χ1n) is 10.7. The van der Waals surface area contributed by atoms with E-state index in [0.29, 0.717) is 17.3 Å². The third-order valence-corrected chi connectivity index (χ3v) is 6.26. The molecule has 0 aliphatic rings. The van der Waals surface area contributed by atoms with Crippen LogP contribution in [0.2, 0.25) is 0 Å². The third kappa shape index (κ3) is 6.17. The normalized spacial score (nSPS) is 12.2. The second-order valence-electron chi connectivity index (χ2n) is 7.95. The fourth-order valence-corrected chi connectivity index (χ4v) is 4.25. The van der Waals surface area contributed by atoms with Gasteiger partial charge >= 0.3 is 0 Å². The van der Waals surface area contributed by atoms with E-state index in [0.717, 1.165) is 23.4 Å². The van der Waals surface area contributed by atoms with Gasteiger partial charge in [0.1, 0.15) is 5.82 Å². The monoisotopic (exact) mass is 455 g/mol. The van der Waals surface area contributed by atoms with E-state index in [-0.39, 0.29) is 30.1 Å². The summed E-state index contributed by atoms with van der Waals surface area (Å²) < 4.78 is 15.8. The van der Waals surface area contributed by atoms with Crippen LogP contribution in [-0.2, 0) is 17.9 Å². The summed E-state index contributed by atoms with van der Waals surface area (Å²) in [5, 5.41) is 12.4. The van der Waals surface area contributed by atoms with Gasteiger partial charge in [0.15, 0.2) is 11.0 Å². The smallest absolute Gasteiger partial charge is 0.230 e. The molecule has 0 aliphatic carbocycles. The van der Waals surface area contributed by atoms with Crippen LogP contribution in [-0.4, -0.2) is 45.4 Å². The molecule has 1 amide bonds. The van der Waals surface area contributed by atoms with Crippen LogP contribution in [0.5, 0.6) is 0 Å². The lowest BCUT2D eigenvalue weighted by Crippen LogP contribution is -2.25. The van der Waals surface area contributed by atoms with E-state index in [4.69, 9.17) is 0 Å². The molecular formula is C24H30FN5OS. The van der Waals surface area contributed by atoms with Crippen molar-refractivity contribution < 1.29 is 9.18 Å². The van der Waals surface area contributed by atoms with Crippen LogP contribution in [0.1, 0.15) is 41.9 Å². The number of amides is 1. The van der Waals surface area contributed by atoms with Gasteiger partial charge < -0.3 is 9.88 Å². The van der Waals surface area contributed by atoms with Gasteiger partial charge in [0, 0.05) is 6.54 Å². The molecule has 0 radical (unpaired) electrons. The zero-order valence-electron chi connectivity index (χ0n) is 19.0. The van der Waals surface area contributed by atoms with Crippen molar-refractivity contribution in [1.82, 2.24) is 25.0 Å². The summed E-state index contributed by atoms with van der Waals surface area (Å²) in [4.78, 5) is 14.6. The molecular weight excluding hydrogens is 425 g/mol. The van der Waals surface area contributed by atoms with E-state index >= 15 is 0 Å². The Bertz CT molecular complexity index is 1040. The van der Waals surface area contributed by atoms with Gasteiger partial charge in [-0.25, -0.2) is 4.39 Å². The van der Waals surface area contributed by atoms with Gasteiger partial charge in [-0.15, -0.1) is 10.2 Å².